The second-order valence-corrected chi connectivity index (χ2v) is 8.52. The third kappa shape index (κ3) is 2.25. The fraction of sp³-hybridized carbons (Fsp3) is 0.667. The van der Waals surface area contributed by atoms with Gasteiger partial charge < -0.3 is 5.11 Å². The first-order chi connectivity index (χ1) is 11.0. The number of hydrogen-bond donors (Lipinski definition) is 1. The van der Waals surface area contributed by atoms with Gasteiger partial charge in [0.2, 0.25) is 0 Å². The molecule has 0 bridgehead atoms. The van der Waals surface area contributed by atoms with Crippen LogP contribution in [0.4, 0.5) is 0 Å². The highest BCUT2D eigenvalue weighted by molar-refractivity contribution is 5.71. The molecule has 2 nitrogen and oxygen atoms in total. The maximum absolute atomic E-state index is 11.2. The van der Waals surface area contributed by atoms with Gasteiger partial charge in [0.25, 0.3) is 0 Å². The Morgan fingerprint density at radius 1 is 1.30 bits per heavy atom. The molecule has 4 aliphatic carbocycles. The van der Waals surface area contributed by atoms with Crippen molar-refractivity contribution in [2.45, 2.75) is 52.4 Å². The SMILES string of the molecule is C[C@@H]1CC[C@H]2[C@@H]3C=CC4=C(CC(=O)O)CC=C[C@@H]4[C@H]3CC[C@]12C. The van der Waals surface area contributed by atoms with Crippen LogP contribution in [0.15, 0.2) is 35.5 Å². The third-order valence-corrected chi connectivity index (χ3v) is 7.66. The Kier molecular flexibility index (Phi) is 3.55. The molecule has 4 rings (SSSR count). The highest BCUT2D eigenvalue weighted by Crippen LogP contribution is 2.62. The van der Waals surface area contributed by atoms with Gasteiger partial charge in [0.15, 0.2) is 0 Å². The largest absolute Gasteiger partial charge is 0.481 e. The predicted molar refractivity (Wildman–Crippen MR) is 91.9 cm³/mol. The van der Waals surface area contributed by atoms with Crippen molar-refractivity contribution in [3.05, 3.63) is 35.5 Å². The van der Waals surface area contributed by atoms with Crippen molar-refractivity contribution in [2.24, 2.45) is 35.0 Å². The summed E-state index contributed by atoms with van der Waals surface area (Å²) in [6.45, 7) is 4.97. The maximum atomic E-state index is 11.2. The van der Waals surface area contributed by atoms with Crippen molar-refractivity contribution in [3.8, 4) is 0 Å². The van der Waals surface area contributed by atoms with Gasteiger partial charge in [-0.1, -0.05) is 43.7 Å². The monoisotopic (exact) mass is 312 g/mol. The second kappa shape index (κ2) is 5.36. The summed E-state index contributed by atoms with van der Waals surface area (Å²) in [5.41, 5.74) is 2.98. The number of carbonyl (C=O) groups is 1. The van der Waals surface area contributed by atoms with Crippen LogP contribution in [-0.4, -0.2) is 11.1 Å². The summed E-state index contributed by atoms with van der Waals surface area (Å²) in [5.74, 6) is 2.84. The quantitative estimate of drug-likeness (QED) is 0.730. The molecule has 0 spiro atoms. The molecule has 0 aromatic carbocycles. The van der Waals surface area contributed by atoms with Gasteiger partial charge in [-0.05, 0) is 66.8 Å². The molecule has 0 unspecified atom stereocenters. The van der Waals surface area contributed by atoms with Crippen LogP contribution >= 0.6 is 0 Å². The molecule has 23 heavy (non-hydrogen) atoms. The van der Waals surface area contributed by atoms with E-state index in [9.17, 15) is 9.90 Å². The second-order valence-electron chi connectivity index (χ2n) is 8.52. The zero-order valence-corrected chi connectivity index (χ0v) is 14.3. The summed E-state index contributed by atoms with van der Waals surface area (Å²) in [6.07, 6.45) is 15.8. The summed E-state index contributed by atoms with van der Waals surface area (Å²) in [5, 5.41) is 9.19. The van der Waals surface area contributed by atoms with Crippen molar-refractivity contribution < 1.29 is 9.90 Å². The highest BCUT2D eigenvalue weighted by atomic mass is 16.4. The van der Waals surface area contributed by atoms with Gasteiger partial charge in [-0.2, -0.15) is 0 Å². The summed E-state index contributed by atoms with van der Waals surface area (Å²) in [6, 6.07) is 0. The number of rotatable bonds is 2. The Bertz CT molecular complexity index is 611. The number of aliphatic carboxylic acids is 1. The van der Waals surface area contributed by atoms with Gasteiger partial charge in [0.05, 0.1) is 6.42 Å². The molecule has 2 fully saturated rings. The molecule has 6 atom stereocenters. The van der Waals surface area contributed by atoms with E-state index in [4.69, 9.17) is 0 Å². The van der Waals surface area contributed by atoms with E-state index in [1.807, 2.05) is 0 Å². The van der Waals surface area contributed by atoms with Crippen LogP contribution < -0.4 is 0 Å². The van der Waals surface area contributed by atoms with E-state index < -0.39 is 5.97 Å². The summed E-state index contributed by atoms with van der Waals surface area (Å²) in [4.78, 5) is 11.2. The van der Waals surface area contributed by atoms with E-state index in [2.05, 4.69) is 38.2 Å². The first-order valence-corrected chi connectivity index (χ1v) is 9.29. The molecular formula is C21H28O2. The van der Waals surface area contributed by atoms with Gasteiger partial charge in [0.1, 0.15) is 0 Å². The maximum Gasteiger partial charge on any atom is 0.307 e. The van der Waals surface area contributed by atoms with Crippen LogP contribution in [0.3, 0.4) is 0 Å². The predicted octanol–water partition coefficient (Wildman–Crippen LogP) is 4.98. The summed E-state index contributed by atoms with van der Waals surface area (Å²) >= 11 is 0. The van der Waals surface area contributed by atoms with Crippen molar-refractivity contribution >= 4 is 5.97 Å². The Morgan fingerprint density at radius 2 is 2.13 bits per heavy atom. The van der Waals surface area contributed by atoms with Crippen LogP contribution in [0.2, 0.25) is 0 Å². The van der Waals surface area contributed by atoms with Gasteiger partial charge in [-0.3, -0.25) is 4.79 Å². The molecule has 0 amide bonds. The average molecular weight is 312 g/mol. The Morgan fingerprint density at radius 3 is 2.91 bits per heavy atom. The molecule has 0 aromatic heterocycles. The average Bonchev–Trinajstić information content (AvgIpc) is 2.82. The van der Waals surface area contributed by atoms with Crippen LogP contribution in [0, 0.1) is 35.0 Å². The van der Waals surface area contributed by atoms with Crippen LogP contribution in [0.1, 0.15) is 52.4 Å². The third-order valence-electron chi connectivity index (χ3n) is 7.66. The fourth-order valence-corrected chi connectivity index (χ4v) is 6.17. The first kappa shape index (κ1) is 15.2. The topological polar surface area (TPSA) is 37.3 Å². The van der Waals surface area contributed by atoms with Gasteiger partial charge >= 0.3 is 5.97 Å². The minimum atomic E-state index is -0.696. The van der Waals surface area contributed by atoms with Crippen molar-refractivity contribution in [3.63, 3.8) is 0 Å². The standard InChI is InChI=1S/C21H28O2/c1-13-6-9-19-18-8-7-15-14(12-20(22)23)4-3-5-16(15)17(18)10-11-21(13,19)2/h3,5,7-8,13,16-19H,4,6,9-12H2,1-2H3,(H,22,23)/t13-,16+,17-,18-,19+,21-/m1/s1. The molecule has 0 saturated heterocycles. The molecule has 1 N–H and O–H groups in total. The normalized spacial score (nSPS) is 44.7. The zero-order valence-electron chi connectivity index (χ0n) is 14.3. The number of carboxylic acids is 1. The van der Waals surface area contributed by atoms with Crippen molar-refractivity contribution in [1.29, 1.82) is 0 Å². The van der Waals surface area contributed by atoms with E-state index in [1.165, 1.54) is 31.3 Å². The minimum Gasteiger partial charge on any atom is -0.481 e. The van der Waals surface area contributed by atoms with Gasteiger partial charge in [-0.15, -0.1) is 0 Å². The number of fused-ring (bicyclic) bond motifs is 5. The number of hydrogen-bond acceptors (Lipinski definition) is 1. The fourth-order valence-electron chi connectivity index (χ4n) is 6.17. The van der Waals surface area contributed by atoms with E-state index >= 15 is 0 Å². The molecule has 4 aliphatic rings. The summed E-state index contributed by atoms with van der Waals surface area (Å²) in [7, 11) is 0. The van der Waals surface area contributed by atoms with E-state index in [-0.39, 0.29) is 6.42 Å². The van der Waals surface area contributed by atoms with Crippen molar-refractivity contribution in [2.75, 3.05) is 0 Å². The van der Waals surface area contributed by atoms with Crippen molar-refractivity contribution in [1.82, 2.24) is 0 Å². The summed E-state index contributed by atoms with van der Waals surface area (Å²) < 4.78 is 0. The minimum absolute atomic E-state index is 0.204. The lowest BCUT2D eigenvalue weighted by Crippen LogP contribution is -2.44. The molecule has 0 aromatic rings. The first-order valence-electron chi connectivity index (χ1n) is 9.29. The van der Waals surface area contributed by atoms with Gasteiger partial charge in [-0.25, -0.2) is 0 Å². The molecule has 2 saturated carbocycles. The molecule has 0 radical (unpaired) electrons. The smallest absolute Gasteiger partial charge is 0.307 e. The number of carboxylic acid groups (broad SMARTS) is 1. The highest BCUT2D eigenvalue weighted by Gasteiger charge is 2.53. The Labute approximate surface area is 139 Å². The lowest BCUT2D eigenvalue weighted by atomic mass is 9.53. The number of allylic oxidation sites excluding steroid dienone is 5. The molecule has 2 heteroatoms. The van der Waals surface area contributed by atoms with Gasteiger partial charge in [0, 0.05) is 5.92 Å². The van der Waals surface area contributed by atoms with E-state index in [0.29, 0.717) is 23.2 Å². The van der Waals surface area contributed by atoms with E-state index in [1.54, 1.807) is 0 Å². The van der Waals surface area contributed by atoms with Crippen LogP contribution in [0.25, 0.3) is 0 Å². The van der Waals surface area contributed by atoms with Crippen LogP contribution in [-0.2, 0) is 4.79 Å². The molecule has 0 heterocycles. The Balaban J connectivity index is 1.69. The van der Waals surface area contributed by atoms with Crippen LogP contribution in [0.5, 0.6) is 0 Å². The molecular weight excluding hydrogens is 284 g/mol. The molecule has 124 valence electrons. The lowest BCUT2D eigenvalue weighted by Gasteiger charge is -2.51. The lowest BCUT2D eigenvalue weighted by molar-refractivity contribution is -0.136. The zero-order chi connectivity index (χ0) is 16.2. The van der Waals surface area contributed by atoms with E-state index in [0.717, 1.165) is 23.8 Å². The molecule has 0 aliphatic heterocycles. The Hall–Kier alpha value is -1.31.